The van der Waals surface area contributed by atoms with Crippen molar-refractivity contribution >= 4 is 15.9 Å². The Morgan fingerprint density at radius 2 is 1.75 bits per heavy atom. The number of nitrogens with zero attached hydrogens (tertiary/aromatic N) is 1. The van der Waals surface area contributed by atoms with E-state index in [0.717, 1.165) is 17.9 Å². The normalized spacial score (nSPS) is 18.2. The number of unbranched alkanes of at least 4 members (excludes halogenated alkanes) is 2. The van der Waals surface area contributed by atoms with Crippen molar-refractivity contribution in [2.75, 3.05) is 25.0 Å². The van der Waals surface area contributed by atoms with Crippen molar-refractivity contribution in [1.82, 2.24) is 4.90 Å². The number of hydrogen-bond acceptors (Lipinski definition) is 2. The largest absolute Gasteiger partial charge is 0.395 e. The predicted molar refractivity (Wildman–Crippen MR) is 73.2 cm³/mol. The summed E-state index contributed by atoms with van der Waals surface area (Å²) in [5.74, 6) is 0. The second-order valence-corrected chi connectivity index (χ2v) is 5.59. The van der Waals surface area contributed by atoms with E-state index >= 15 is 0 Å². The number of alkyl halides is 1. The van der Waals surface area contributed by atoms with Gasteiger partial charge in [-0.2, -0.15) is 0 Å². The molecule has 96 valence electrons. The fourth-order valence-corrected chi connectivity index (χ4v) is 3.03. The van der Waals surface area contributed by atoms with E-state index in [1.165, 1.54) is 57.9 Å². The van der Waals surface area contributed by atoms with Crippen LogP contribution in [0.3, 0.4) is 0 Å². The van der Waals surface area contributed by atoms with Crippen LogP contribution in [0.4, 0.5) is 0 Å². The highest BCUT2D eigenvalue weighted by Gasteiger charge is 2.19. The Morgan fingerprint density at radius 1 is 1.00 bits per heavy atom. The molecule has 1 aliphatic carbocycles. The summed E-state index contributed by atoms with van der Waals surface area (Å²) in [6.07, 6.45) is 10.7. The Hall–Kier alpha value is 0.400. The van der Waals surface area contributed by atoms with E-state index in [1.54, 1.807) is 0 Å². The molecular weight excluding hydrogens is 266 g/mol. The first-order valence-corrected chi connectivity index (χ1v) is 7.91. The van der Waals surface area contributed by atoms with E-state index in [9.17, 15) is 0 Å². The molecular formula is C13H26BrNO. The molecule has 1 N–H and O–H groups in total. The summed E-state index contributed by atoms with van der Waals surface area (Å²) in [7, 11) is 0. The van der Waals surface area contributed by atoms with Crippen molar-refractivity contribution in [3.63, 3.8) is 0 Å². The van der Waals surface area contributed by atoms with Crippen LogP contribution in [0.25, 0.3) is 0 Å². The second kappa shape index (κ2) is 9.43. The third-order valence-corrected chi connectivity index (χ3v) is 4.12. The van der Waals surface area contributed by atoms with Crippen LogP contribution in [0.2, 0.25) is 0 Å². The lowest BCUT2D eigenvalue weighted by Crippen LogP contribution is -2.39. The highest BCUT2D eigenvalue weighted by molar-refractivity contribution is 9.09. The van der Waals surface area contributed by atoms with Gasteiger partial charge in [0.25, 0.3) is 0 Å². The third kappa shape index (κ3) is 5.65. The molecule has 1 rings (SSSR count). The molecule has 1 fully saturated rings. The average molecular weight is 292 g/mol. The first-order chi connectivity index (χ1) is 7.88. The smallest absolute Gasteiger partial charge is 0.0558 e. The van der Waals surface area contributed by atoms with Gasteiger partial charge in [0, 0.05) is 17.9 Å². The third-order valence-electron chi connectivity index (χ3n) is 3.56. The minimum absolute atomic E-state index is 0.314. The SMILES string of the molecule is OCCN(CCCCCBr)C1CCCCC1. The summed E-state index contributed by atoms with van der Waals surface area (Å²) in [6, 6.07) is 0.755. The second-order valence-electron chi connectivity index (χ2n) is 4.80. The van der Waals surface area contributed by atoms with E-state index in [0.29, 0.717) is 6.61 Å². The van der Waals surface area contributed by atoms with Gasteiger partial charge in [-0.1, -0.05) is 41.6 Å². The van der Waals surface area contributed by atoms with Gasteiger partial charge in [0.2, 0.25) is 0 Å². The zero-order chi connectivity index (χ0) is 11.6. The van der Waals surface area contributed by atoms with E-state index in [1.807, 2.05) is 0 Å². The Morgan fingerprint density at radius 3 is 2.38 bits per heavy atom. The summed E-state index contributed by atoms with van der Waals surface area (Å²) in [5.41, 5.74) is 0. The van der Waals surface area contributed by atoms with E-state index in [2.05, 4.69) is 20.8 Å². The van der Waals surface area contributed by atoms with Gasteiger partial charge >= 0.3 is 0 Å². The molecule has 0 radical (unpaired) electrons. The van der Waals surface area contributed by atoms with E-state index in [-0.39, 0.29) is 0 Å². The number of aliphatic hydroxyl groups excluding tert-OH is 1. The zero-order valence-electron chi connectivity index (χ0n) is 10.3. The molecule has 0 bridgehead atoms. The molecule has 0 saturated heterocycles. The van der Waals surface area contributed by atoms with Crippen molar-refractivity contribution in [3.05, 3.63) is 0 Å². The Balaban J connectivity index is 2.22. The predicted octanol–water partition coefficient (Wildman–Crippen LogP) is 3.18. The quantitative estimate of drug-likeness (QED) is 0.548. The minimum atomic E-state index is 0.314. The maximum absolute atomic E-state index is 9.12. The van der Waals surface area contributed by atoms with Crippen LogP contribution in [-0.2, 0) is 0 Å². The Kier molecular flexibility index (Phi) is 8.52. The minimum Gasteiger partial charge on any atom is -0.395 e. The molecule has 16 heavy (non-hydrogen) atoms. The first kappa shape index (κ1) is 14.5. The van der Waals surface area contributed by atoms with Gasteiger partial charge in [-0.05, 0) is 32.2 Å². The molecule has 0 atom stereocenters. The molecule has 0 heterocycles. The number of hydrogen-bond donors (Lipinski definition) is 1. The highest BCUT2D eigenvalue weighted by atomic mass is 79.9. The van der Waals surface area contributed by atoms with Gasteiger partial charge in [0.15, 0.2) is 0 Å². The monoisotopic (exact) mass is 291 g/mol. The maximum Gasteiger partial charge on any atom is 0.0558 e. The molecule has 3 heteroatoms. The van der Waals surface area contributed by atoms with Crippen molar-refractivity contribution in [1.29, 1.82) is 0 Å². The Labute approximate surface area is 109 Å². The summed E-state index contributed by atoms with van der Waals surface area (Å²) >= 11 is 3.47. The van der Waals surface area contributed by atoms with Crippen molar-refractivity contribution in [2.24, 2.45) is 0 Å². The van der Waals surface area contributed by atoms with Gasteiger partial charge in [-0.15, -0.1) is 0 Å². The summed E-state index contributed by atoms with van der Waals surface area (Å²) < 4.78 is 0. The van der Waals surface area contributed by atoms with Crippen LogP contribution in [0.15, 0.2) is 0 Å². The van der Waals surface area contributed by atoms with Crippen LogP contribution in [0.5, 0.6) is 0 Å². The molecule has 0 unspecified atom stereocenters. The standard InChI is InChI=1S/C13H26BrNO/c14-9-5-2-6-10-15(11-12-16)13-7-3-1-4-8-13/h13,16H,1-12H2. The molecule has 2 nitrogen and oxygen atoms in total. The number of aliphatic hydroxyl groups is 1. The van der Waals surface area contributed by atoms with E-state index in [4.69, 9.17) is 5.11 Å². The van der Waals surface area contributed by atoms with Crippen molar-refractivity contribution in [2.45, 2.75) is 57.4 Å². The lowest BCUT2D eigenvalue weighted by molar-refractivity contribution is 0.122. The molecule has 0 aliphatic heterocycles. The molecule has 0 aromatic carbocycles. The van der Waals surface area contributed by atoms with Gasteiger partial charge in [0.1, 0.15) is 0 Å². The van der Waals surface area contributed by atoms with Crippen LogP contribution >= 0.6 is 15.9 Å². The average Bonchev–Trinajstić information content (AvgIpc) is 2.34. The lowest BCUT2D eigenvalue weighted by atomic mass is 9.94. The van der Waals surface area contributed by atoms with Gasteiger partial charge in [-0.25, -0.2) is 0 Å². The fraction of sp³-hybridized carbons (Fsp3) is 1.00. The number of rotatable bonds is 8. The van der Waals surface area contributed by atoms with Gasteiger partial charge < -0.3 is 5.11 Å². The molecule has 0 amide bonds. The summed E-state index contributed by atoms with van der Waals surface area (Å²) in [5, 5.41) is 10.2. The Bertz CT molecular complexity index is 160. The van der Waals surface area contributed by atoms with Gasteiger partial charge in [0.05, 0.1) is 6.61 Å². The van der Waals surface area contributed by atoms with Crippen LogP contribution in [0.1, 0.15) is 51.4 Å². The molecule has 0 spiro atoms. The molecule has 0 aromatic rings. The van der Waals surface area contributed by atoms with Crippen LogP contribution in [-0.4, -0.2) is 41.1 Å². The highest BCUT2D eigenvalue weighted by Crippen LogP contribution is 2.22. The summed E-state index contributed by atoms with van der Waals surface area (Å²) in [4.78, 5) is 2.52. The molecule has 1 aliphatic rings. The summed E-state index contributed by atoms with van der Waals surface area (Å²) in [6.45, 7) is 2.37. The van der Waals surface area contributed by atoms with Crippen molar-refractivity contribution in [3.8, 4) is 0 Å². The molecule has 1 saturated carbocycles. The zero-order valence-corrected chi connectivity index (χ0v) is 11.9. The topological polar surface area (TPSA) is 23.5 Å². The molecule has 0 aromatic heterocycles. The van der Waals surface area contributed by atoms with E-state index < -0.39 is 0 Å². The number of halogens is 1. The van der Waals surface area contributed by atoms with Crippen LogP contribution in [0, 0.1) is 0 Å². The van der Waals surface area contributed by atoms with Gasteiger partial charge in [-0.3, -0.25) is 4.90 Å². The fourth-order valence-electron chi connectivity index (χ4n) is 2.64. The van der Waals surface area contributed by atoms with Crippen molar-refractivity contribution < 1.29 is 5.11 Å². The first-order valence-electron chi connectivity index (χ1n) is 6.79. The maximum atomic E-state index is 9.12. The lowest BCUT2D eigenvalue weighted by Gasteiger charge is -2.34. The van der Waals surface area contributed by atoms with Crippen LogP contribution < -0.4 is 0 Å².